The molecule has 1 aromatic heterocycles. The summed E-state index contributed by atoms with van der Waals surface area (Å²) in [6.07, 6.45) is 7.65. The van der Waals surface area contributed by atoms with Gasteiger partial charge in [0.15, 0.2) is 0 Å². The summed E-state index contributed by atoms with van der Waals surface area (Å²) >= 11 is 0.852. The second-order valence-electron chi connectivity index (χ2n) is 8.88. The lowest BCUT2D eigenvalue weighted by molar-refractivity contribution is -0.135. The van der Waals surface area contributed by atoms with Crippen LogP contribution >= 0.6 is 11.8 Å². The number of hydrogen-bond acceptors (Lipinski definition) is 4. The number of aromatic nitrogens is 1. The van der Waals surface area contributed by atoms with E-state index in [1.54, 1.807) is 29.2 Å². The minimum absolute atomic E-state index is 0.183. The summed E-state index contributed by atoms with van der Waals surface area (Å²) in [5.74, 6) is -0.909. The highest BCUT2D eigenvalue weighted by atomic mass is 32.2. The van der Waals surface area contributed by atoms with Crippen LogP contribution in [0.1, 0.15) is 36.8 Å². The zero-order valence-electron chi connectivity index (χ0n) is 19.3. The lowest BCUT2D eigenvalue weighted by atomic mass is 10.1. The fraction of sp³-hybridized carbons (Fsp3) is 0.296. The van der Waals surface area contributed by atoms with E-state index in [0.29, 0.717) is 25.2 Å². The molecule has 180 valence electrons. The van der Waals surface area contributed by atoms with Crippen LogP contribution in [0.5, 0.6) is 0 Å². The largest absolute Gasteiger partial charge is 0.342 e. The quantitative estimate of drug-likeness (QED) is 0.457. The molecule has 0 bridgehead atoms. The van der Waals surface area contributed by atoms with Crippen LogP contribution in [0.25, 0.3) is 17.0 Å². The average molecular weight is 492 g/mol. The Bertz CT molecular complexity index is 1320. The lowest BCUT2D eigenvalue weighted by Crippen LogP contribution is -2.42. The molecular weight excluding hydrogens is 465 g/mol. The number of carbonyl (C=O) groups excluding carboxylic acids is 3. The van der Waals surface area contributed by atoms with Crippen molar-refractivity contribution in [3.8, 4) is 0 Å². The number of para-hydroxylation sites is 1. The smallest absolute Gasteiger partial charge is 0.294 e. The van der Waals surface area contributed by atoms with Gasteiger partial charge in [-0.2, -0.15) is 0 Å². The van der Waals surface area contributed by atoms with Crippen LogP contribution in [-0.4, -0.2) is 51.1 Å². The van der Waals surface area contributed by atoms with Gasteiger partial charge in [-0.3, -0.25) is 19.3 Å². The number of amides is 3. The van der Waals surface area contributed by atoms with E-state index >= 15 is 0 Å². The molecule has 0 atom stereocenters. The molecule has 0 spiro atoms. The number of hydrogen-bond donors (Lipinski definition) is 0. The third kappa shape index (κ3) is 4.89. The summed E-state index contributed by atoms with van der Waals surface area (Å²) in [6, 6.07) is 14.3. The van der Waals surface area contributed by atoms with Crippen molar-refractivity contribution < 1.29 is 18.8 Å². The summed E-state index contributed by atoms with van der Waals surface area (Å²) in [6.45, 7) is 1.46. The standard InChI is InChI=1S/C27H26FN3O3S/c28-22-11-5-3-9-19(22)16-30-17-20(21-10-4-6-12-23(21)30)15-24-26(33)31(27(34)35-24)18-25(32)29-13-7-1-2-8-14-29/h3-6,9-12,15,17H,1-2,7-8,13-14,16,18H2. The number of halogens is 1. The van der Waals surface area contributed by atoms with Gasteiger partial charge in [-0.1, -0.05) is 49.2 Å². The zero-order valence-corrected chi connectivity index (χ0v) is 20.1. The maximum absolute atomic E-state index is 14.3. The van der Waals surface area contributed by atoms with E-state index in [4.69, 9.17) is 0 Å². The second kappa shape index (κ2) is 10.1. The summed E-state index contributed by atoms with van der Waals surface area (Å²) in [4.78, 5) is 41.6. The van der Waals surface area contributed by atoms with Gasteiger partial charge >= 0.3 is 0 Å². The van der Waals surface area contributed by atoms with E-state index in [0.717, 1.165) is 58.8 Å². The number of likely N-dealkylation sites (tertiary alicyclic amines) is 1. The van der Waals surface area contributed by atoms with E-state index in [-0.39, 0.29) is 23.2 Å². The van der Waals surface area contributed by atoms with Gasteiger partial charge in [-0.15, -0.1) is 0 Å². The Labute approximate surface area is 207 Å². The highest BCUT2D eigenvalue weighted by Gasteiger charge is 2.37. The number of benzene rings is 2. The second-order valence-corrected chi connectivity index (χ2v) is 9.88. The minimum atomic E-state index is -0.450. The van der Waals surface area contributed by atoms with E-state index in [9.17, 15) is 18.8 Å². The van der Waals surface area contributed by atoms with Crippen molar-refractivity contribution in [2.24, 2.45) is 0 Å². The highest BCUT2D eigenvalue weighted by Crippen LogP contribution is 2.34. The predicted octanol–water partition coefficient (Wildman–Crippen LogP) is 5.27. The first-order chi connectivity index (χ1) is 17.0. The van der Waals surface area contributed by atoms with E-state index in [2.05, 4.69) is 0 Å². The normalized spacial score (nSPS) is 18.0. The molecule has 3 heterocycles. The van der Waals surface area contributed by atoms with Gasteiger partial charge in [0.05, 0.1) is 11.4 Å². The molecule has 0 aliphatic carbocycles. The molecule has 2 fully saturated rings. The van der Waals surface area contributed by atoms with E-state index in [1.165, 1.54) is 6.07 Å². The maximum atomic E-state index is 14.3. The van der Waals surface area contributed by atoms with Gasteiger partial charge in [0, 0.05) is 41.3 Å². The lowest BCUT2D eigenvalue weighted by Gasteiger charge is -2.22. The molecule has 8 heteroatoms. The number of fused-ring (bicyclic) bond motifs is 1. The SMILES string of the molecule is O=C(CN1C(=O)SC(=Cc2cn(Cc3ccccc3F)c3ccccc23)C1=O)N1CCCCCC1. The summed E-state index contributed by atoms with van der Waals surface area (Å²) < 4.78 is 16.2. The number of carbonyl (C=O) groups is 3. The van der Waals surface area contributed by atoms with Crippen molar-refractivity contribution in [3.05, 3.63) is 76.6 Å². The first-order valence-electron chi connectivity index (χ1n) is 11.9. The zero-order chi connectivity index (χ0) is 24.4. The van der Waals surface area contributed by atoms with Gasteiger partial charge in [0.1, 0.15) is 12.4 Å². The topological polar surface area (TPSA) is 62.6 Å². The Morgan fingerprint density at radius 2 is 1.69 bits per heavy atom. The van der Waals surface area contributed by atoms with Crippen molar-refractivity contribution in [3.63, 3.8) is 0 Å². The number of imide groups is 1. The molecule has 3 amide bonds. The number of thioether (sulfide) groups is 1. The van der Waals surface area contributed by atoms with Crippen LogP contribution in [0.3, 0.4) is 0 Å². The first-order valence-corrected chi connectivity index (χ1v) is 12.7. The molecule has 0 saturated carbocycles. The van der Waals surface area contributed by atoms with Crippen molar-refractivity contribution in [2.45, 2.75) is 32.2 Å². The monoisotopic (exact) mass is 491 g/mol. The molecule has 0 radical (unpaired) electrons. The fourth-order valence-corrected chi connectivity index (χ4v) is 5.49. The number of rotatable bonds is 5. The van der Waals surface area contributed by atoms with Gasteiger partial charge in [-0.05, 0) is 42.8 Å². The van der Waals surface area contributed by atoms with Crippen LogP contribution < -0.4 is 0 Å². The van der Waals surface area contributed by atoms with Crippen molar-refractivity contribution in [1.29, 1.82) is 0 Å². The summed E-state index contributed by atoms with van der Waals surface area (Å²) in [5.41, 5.74) is 2.23. The summed E-state index contributed by atoms with van der Waals surface area (Å²) in [7, 11) is 0. The average Bonchev–Trinajstić information content (AvgIpc) is 3.17. The van der Waals surface area contributed by atoms with Crippen molar-refractivity contribution in [1.82, 2.24) is 14.4 Å². The minimum Gasteiger partial charge on any atom is -0.342 e. The van der Waals surface area contributed by atoms with Crippen molar-refractivity contribution >= 4 is 45.8 Å². The fourth-order valence-electron chi connectivity index (χ4n) is 4.66. The van der Waals surface area contributed by atoms with Gasteiger partial charge in [0.2, 0.25) is 5.91 Å². The Hall–Kier alpha value is -3.39. The van der Waals surface area contributed by atoms with E-state index in [1.807, 2.05) is 35.0 Å². The predicted molar refractivity (Wildman–Crippen MR) is 135 cm³/mol. The molecule has 2 saturated heterocycles. The highest BCUT2D eigenvalue weighted by molar-refractivity contribution is 8.18. The molecular formula is C27H26FN3O3S. The summed E-state index contributed by atoms with van der Waals surface area (Å²) in [5, 5.41) is 0.468. The van der Waals surface area contributed by atoms with Gasteiger partial charge in [-0.25, -0.2) is 4.39 Å². The third-order valence-corrected chi connectivity index (χ3v) is 7.44. The van der Waals surface area contributed by atoms with Gasteiger partial charge < -0.3 is 9.47 Å². The number of nitrogens with zero attached hydrogens (tertiary/aromatic N) is 3. The Morgan fingerprint density at radius 3 is 2.46 bits per heavy atom. The molecule has 0 unspecified atom stereocenters. The van der Waals surface area contributed by atoms with Crippen molar-refractivity contribution in [2.75, 3.05) is 19.6 Å². The molecule has 0 N–H and O–H groups in total. The maximum Gasteiger partial charge on any atom is 0.294 e. The molecule has 2 aromatic carbocycles. The first kappa shape index (κ1) is 23.4. The molecule has 5 rings (SSSR count). The Morgan fingerprint density at radius 1 is 0.971 bits per heavy atom. The molecule has 3 aromatic rings. The van der Waals surface area contributed by atoms with Gasteiger partial charge in [0.25, 0.3) is 11.1 Å². The Balaban J connectivity index is 1.39. The third-order valence-electron chi connectivity index (χ3n) is 6.53. The molecule has 6 nitrogen and oxygen atoms in total. The van der Waals surface area contributed by atoms with Crippen LogP contribution in [0.15, 0.2) is 59.6 Å². The van der Waals surface area contributed by atoms with E-state index < -0.39 is 11.1 Å². The Kier molecular flexibility index (Phi) is 6.72. The molecule has 35 heavy (non-hydrogen) atoms. The van der Waals surface area contributed by atoms with Crippen LogP contribution in [-0.2, 0) is 16.1 Å². The van der Waals surface area contributed by atoms with Crippen LogP contribution in [0.2, 0.25) is 0 Å². The van der Waals surface area contributed by atoms with Crippen LogP contribution in [0, 0.1) is 5.82 Å². The molecule has 2 aliphatic heterocycles. The molecule has 2 aliphatic rings. The van der Waals surface area contributed by atoms with Crippen LogP contribution in [0.4, 0.5) is 9.18 Å².